The van der Waals surface area contributed by atoms with Crippen molar-refractivity contribution in [3.05, 3.63) is 22.4 Å². The Morgan fingerprint density at radius 1 is 1.45 bits per heavy atom. The van der Waals surface area contributed by atoms with Crippen LogP contribution >= 0.6 is 46.1 Å². The molecule has 22 heavy (non-hydrogen) atoms. The Labute approximate surface area is 148 Å². The van der Waals surface area contributed by atoms with Crippen LogP contribution in [0.25, 0.3) is 0 Å². The summed E-state index contributed by atoms with van der Waals surface area (Å²) in [5.41, 5.74) is 0. The molecule has 2 heterocycles. The number of ether oxygens (including phenoxy) is 1. The SMILES string of the molecule is O=C(N[C@H]([NH2+]CC[NH+]1CCOCC1)C(Cl)(Cl)Cl)c1cccs1. The number of hydrogen-bond donors (Lipinski definition) is 3. The van der Waals surface area contributed by atoms with Crippen molar-refractivity contribution in [2.75, 3.05) is 39.4 Å². The molecule has 0 aliphatic carbocycles. The van der Waals surface area contributed by atoms with E-state index in [4.69, 9.17) is 39.5 Å². The van der Waals surface area contributed by atoms with Gasteiger partial charge in [0, 0.05) is 0 Å². The number of halogens is 3. The van der Waals surface area contributed by atoms with Gasteiger partial charge in [-0.3, -0.25) is 10.1 Å². The topological polar surface area (TPSA) is 59.4 Å². The van der Waals surface area contributed by atoms with Crippen LogP contribution in [0.15, 0.2) is 17.5 Å². The summed E-state index contributed by atoms with van der Waals surface area (Å²) >= 11 is 19.3. The highest BCUT2D eigenvalue weighted by atomic mass is 35.6. The monoisotopic (exact) mass is 387 g/mol. The van der Waals surface area contributed by atoms with Gasteiger partial charge in [0.2, 0.25) is 6.17 Å². The molecule has 0 unspecified atom stereocenters. The number of carbonyl (C=O) groups excluding carboxylic acids is 1. The van der Waals surface area contributed by atoms with Gasteiger partial charge in [-0.15, -0.1) is 11.3 Å². The fourth-order valence-corrected chi connectivity index (χ4v) is 3.32. The number of hydrogen-bond acceptors (Lipinski definition) is 3. The first kappa shape index (κ1) is 18.3. The molecule has 1 fully saturated rings. The van der Waals surface area contributed by atoms with Crippen LogP contribution in [-0.2, 0) is 4.74 Å². The third kappa shape index (κ3) is 5.85. The number of carbonyl (C=O) groups is 1. The molecule has 0 spiro atoms. The predicted molar refractivity (Wildman–Crippen MR) is 89.0 cm³/mol. The molecule has 1 saturated heterocycles. The Hall–Kier alpha value is -0.0800. The van der Waals surface area contributed by atoms with Gasteiger partial charge < -0.3 is 15.0 Å². The Balaban J connectivity index is 1.82. The Kier molecular flexibility index (Phi) is 7.21. The Bertz CT molecular complexity index is 462. The molecule has 1 aliphatic rings. The second kappa shape index (κ2) is 8.68. The van der Waals surface area contributed by atoms with E-state index >= 15 is 0 Å². The van der Waals surface area contributed by atoms with E-state index in [-0.39, 0.29) is 5.91 Å². The van der Waals surface area contributed by atoms with Gasteiger partial charge in [-0.2, -0.15) is 0 Å². The number of nitrogens with one attached hydrogen (secondary N) is 2. The van der Waals surface area contributed by atoms with Gasteiger partial charge in [0.15, 0.2) is 0 Å². The summed E-state index contributed by atoms with van der Waals surface area (Å²) in [5.74, 6) is -0.221. The molecule has 0 saturated carbocycles. The van der Waals surface area contributed by atoms with Crippen molar-refractivity contribution >= 4 is 52.0 Å². The summed E-state index contributed by atoms with van der Waals surface area (Å²) in [7, 11) is 0. The average molecular weight is 389 g/mol. The zero-order valence-electron chi connectivity index (χ0n) is 12.0. The van der Waals surface area contributed by atoms with Crippen LogP contribution in [-0.4, -0.2) is 55.3 Å². The van der Waals surface area contributed by atoms with Crippen LogP contribution in [0.3, 0.4) is 0 Å². The molecule has 124 valence electrons. The Morgan fingerprint density at radius 2 is 2.18 bits per heavy atom. The van der Waals surface area contributed by atoms with Gasteiger partial charge in [0.1, 0.15) is 26.2 Å². The number of thiophene rings is 1. The summed E-state index contributed by atoms with van der Waals surface area (Å²) < 4.78 is 3.76. The molecular weight excluding hydrogens is 369 g/mol. The minimum absolute atomic E-state index is 0.221. The third-order valence-corrected chi connectivity index (χ3v) is 5.06. The molecule has 0 aromatic carbocycles. The van der Waals surface area contributed by atoms with E-state index in [1.807, 2.05) is 16.8 Å². The molecular formula is C13H20Cl3N3O2S+2. The van der Waals surface area contributed by atoms with Crippen LogP contribution in [0.1, 0.15) is 9.67 Å². The lowest BCUT2D eigenvalue weighted by atomic mass is 10.4. The highest BCUT2D eigenvalue weighted by molar-refractivity contribution is 7.12. The number of alkyl halides is 3. The van der Waals surface area contributed by atoms with Crippen molar-refractivity contribution in [1.29, 1.82) is 0 Å². The Morgan fingerprint density at radius 3 is 2.77 bits per heavy atom. The summed E-state index contributed by atoms with van der Waals surface area (Å²) in [6, 6.07) is 3.56. The minimum atomic E-state index is -1.56. The van der Waals surface area contributed by atoms with E-state index in [1.54, 1.807) is 6.07 Å². The zero-order valence-corrected chi connectivity index (χ0v) is 15.1. The molecule has 1 aromatic rings. The van der Waals surface area contributed by atoms with Gasteiger partial charge in [0.25, 0.3) is 9.70 Å². The lowest BCUT2D eigenvalue weighted by Gasteiger charge is -2.26. The number of amides is 1. The number of nitrogens with two attached hydrogens (primary N) is 1. The smallest absolute Gasteiger partial charge is 0.265 e. The lowest BCUT2D eigenvalue weighted by Crippen LogP contribution is -3.17. The molecule has 0 radical (unpaired) electrons. The van der Waals surface area contributed by atoms with Crippen LogP contribution in [0.2, 0.25) is 0 Å². The highest BCUT2D eigenvalue weighted by Crippen LogP contribution is 2.27. The molecule has 1 aromatic heterocycles. The standard InChI is InChI=1S/C13H18Cl3N3O2S/c14-13(15,16)12(18-11(20)10-2-1-9-22-10)17-3-4-19-5-7-21-8-6-19/h1-2,9,12,17H,3-8H2,(H,18,20)/p+2/t12-/m0/s1. The van der Waals surface area contributed by atoms with E-state index in [0.29, 0.717) is 4.88 Å². The maximum absolute atomic E-state index is 12.1. The summed E-state index contributed by atoms with van der Waals surface area (Å²) in [6.45, 7) is 5.27. The second-order valence-electron chi connectivity index (χ2n) is 5.11. The fourth-order valence-electron chi connectivity index (χ4n) is 2.26. The van der Waals surface area contributed by atoms with Crippen molar-refractivity contribution in [1.82, 2.24) is 5.32 Å². The van der Waals surface area contributed by atoms with Gasteiger partial charge in [-0.05, 0) is 11.4 Å². The van der Waals surface area contributed by atoms with Crippen LogP contribution < -0.4 is 15.5 Å². The van der Waals surface area contributed by atoms with Crippen molar-refractivity contribution in [2.24, 2.45) is 0 Å². The normalized spacial score (nSPS) is 18.1. The molecule has 9 heteroatoms. The first-order chi connectivity index (χ1) is 10.5. The molecule has 1 amide bonds. The molecule has 1 atom stereocenters. The first-order valence-electron chi connectivity index (χ1n) is 7.12. The van der Waals surface area contributed by atoms with Crippen LogP contribution in [0.4, 0.5) is 0 Å². The van der Waals surface area contributed by atoms with Crippen molar-refractivity contribution < 1.29 is 19.7 Å². The molecule has 5 nitrogen and oxygen atoms in total. The molecule has 2 rings (SSSR count). The van der Waals surface area contributed by atoms with Crippen LogP contribution in [0, 0.1) is 0 Å². The summed E-state index contributed by atoms with van der Waals surface area (Å²) in [4.78, 5) is 14.2. The fraction of sp³-hybridized carbons (Fsp3) is 0.615. The van der Waals surface area contributed by atoms with Gasteiger partial charge >= 0.3 is 0 Å². The lowest BCUT2D eigenvalue weighted by molar-refractivity contribution is -0.921. The largest absolute Gasteiger partial charge is 0.370 e. The molecule has 1 aliphatic heterocycles. The number of morpholine rings is 1. The van der Waals surface area contributed by atoms with E-state index in [2.05, 4.69) is 5.32 Å². The number of quaternary nitrogens is 2. The van der Waals surface area contributed by atoms with Crippen LogP contribution in [0.5, 0.6) is 0 Å². The molecule has 4 N–H and O–H groups in total. The van der Waals surface area contributed by atoms with E-state index in [1.165, 1.54) is 16.2 Å². The van der Waals surface area contributed by atoms with E-state index < -0.39 is 9.96 Å². The average Bonchev–Trinajstić information content (AvgIpc) is 3.00. The summed E-state index contributed by atoms with van der Waals surface area (Å²) in [5, 5.41) is 6.50. The maximum Gasteiger partial charge on any atom is 0.265 e. The third-order valence-electron chi connectivity index (χ3n) is 3.48. The van der Waals surface area contributed by atoms with Gasteiger partial charge in [0.05, 0.1) is 18.1 Å². The van der Waals surface area contributed by atoms with Gasteiger partial charge in [-0.1, -0.05) is 40.9 Å². The highest BCUT2D eigenvalue weighted by Gasteiger charge is 2.37. The van der Waals surface area contributed by atoms with Gasteiger partial charge in [-0.25, -0.2) is 0 Å². The van der Waals surface area contributed by atoms with E-state index in [9.17, 15) is 4.79 Å². The van der Waals surface area contributed by atoms with E-state index in [0.717, 1.165) is 39.4 Å². The second-order valence-corrected chi connectivity index (χ2v) is 8.42. The predicted octanol–water partition coefficient (Wildman–Crippen LogP) is -0.347. The van der Waals surface area contributed by atoms with Crippen molar-refractivity contribution in [2.45, 2.75) is 9.96 Å². The quantitative estimate of drug-likeness (QED) is 0.461. The zero-order chi connectivity index (χ0) is 16.0. The van der Waals surface area contributed by atoms with Crippen molar-refractivity contribution in [3.8, 4) is 0 Å². The van der Waals surface area contributed by atoms with Crippen molar-refractivity contribution in [3.63, 3.8) is 0 Å². The first-order valence-corrected chi connectivity index (χ1v) is 9.14. The maximum atomic E-state index is 12.1. The number of rotatable bonds is 6. The molecule has 0 bridgehead atoms. The summed E-state index contributed by atoms with van der Waals surface area (Å²) in [6.07, 6.45) is -0.618. The minimum Gasteiger partial charge on any atom is -0.370 e.